The molecule has 8 nitrogen and oxygen atoms in total. The van der Waals surface area contributed by atoms with Crippen LogP contribution in [-0.4, -0.2) is 36.9 Å². The fraction of sp³-hybridized carbons (Fsp3) is 0.259. The molecule has 0 aliphatic carbocycles. The summed E-state index contributed by atoms with van der Waals surface area (Å²) in [7, 11) is 0. The first-order chi connectivity index (χ1) is 18.1. The summed E-state index contributed by atoms with van der Waals surface area (Å²) < 4.78 is 6.33. The molecule has 0 unspecified atom stereocenters. The number of anilines is 1. The lowest BCUT2D eigenvalue weighted by atomic mass is 10.1. The number of benzene rings is 2. The molecule has 37 heavy (non-hydrogen) atoms. The number of aldehydes is 1. The van der Waals surface area contributed by atoms with Crippen molar-refractivity contribution in [3.05, 3.63) is 70.6 Å². The van der Waals surface area contributed by atoms with E-state index in [-0.39, 0.29) is 5.97 Å². The Kier molecular flexibility index (Phi) is 9.08. The normalized spacial score (nSPS) is 11.0. The van der Waals surface area contributed by atoms with Crippen molar-refractivity contribution in [3.8, 4) is 6.07 Å². The van der Waals surface area contributed by atoms with Crippen LogP contribution in [0.3, 0.4) is 0 Å². The zero-order valence-corrected chi connectivity index (χ0v) is 21.9. The van der Waals surface area contributed by atoms with Crippen LogP contribution < -0.4 is 4.90 Å². The van der Waals surface area contributed by atoms with Crippen molar-refractivity contribution in [2.45, 2.75) is 26.2 Å². The largest absolute Gasteiger partial charge is 0.462 e. The number of unbranched alkanes of at least 4 members (excludes halogenated alkanes) is 1. The van der Waals surface area contributed by atoms with Crippen LogP contribution in [0.25, 0.3) is 9.53 Å². The lowest BCUT2D eigenvalue weighted by Gasteiger charge is -2.23. The van der Waals surface area contributed by atoms with Crippen molar-refractivity contribution < 1.29 is 14.3 Å². The average Bonchev–Trinajstić information content (AvgIpc) is 3.49. The van der Waals surface area contributed by atoms with Gasteiger partial charge in [-0.15, -0.1) is 21.6 Å². The number of thiazole rings is 1. The fourth-order valence-corrected chi connectivity index (χ4v) is 5.50. The van der Waals surface area contributed by atoms with Gasteiger partial charge in [-0.3, -0.25) is 4.79 Å². The third-order valence-corrected chi connectivity index (χ3v) is 7.56. The lowest BCUT2D eigenvalue weighted by molar-refractivity contribution is 0.0499. The molecule has 0 atom stereocenters. The van der Waals surface area contributed by atoms with Gasteiger partial charge in [0.25, 0.3) is 0 Å². The van der Waals surface area contributed by atoms with E-state index in [9.17, 15) is 9.59 Å². The van der Waals surface area contributed by atoms with Crippen molar-refractivity contribution >= 4 is 61.0 Å². The van der Waals surface area contributed by atoms with Gasteiger partial charge in [0.15, 0.2) is 6.29 Å². The van der Waals surface area contributed by atoms with Crippen LogP contribution >= 0.6 is 22.7 Å². The van der Waals surface area contributed by atoms with E-state index in [1.54, 1.807) is 24.3 Å². The van der Waals surface area contributed by atoms with E-state index in [1.165, 1.54) is 22.7 Å². The first kappa shape index (κ1) is 26.1. The molecule has 188 valence electrons. The topological polar surface area (TPSA) is 108 Å². The summed E-state index contributed by atoms with van der Waals surface area (Å²) in [5.41, 5.74) is 3.20. The number of esters is 1. The van der Waals surface area contributed by atoms with E-state index < -0.39 is 0 Å². The third-order valence-electron chi connectivity index (χ3n) is 5.59. The predicted molar refractivity (Wildman–Crippen MR) is 147 cm³/mol. The molecule has 2 heterocycles. The quantitative estimate of drug-likeness (QED) is 0.0834. The zero-order chi connectivity index (χ0) is 26.0. The van der Waals surface area contributed by atoms with Crippen molar-refractivity contribution in [1.82, 2.24) is 4.98 Å². The molecular weight excluding hydrogens is 506 g/mol. The van der Waals surface area contributed by atoms with E-state index in [2.05, 4.69) is 33.1 Å². The Morgan fingerprint density at radius 1 is 1.11 bits per heavy atom. The van der Waals surface area contributed by atoms with Gasteiger partial charge in [-0.2, -0.15) is 5.26 Å². The molecule has 4 rings (SSSR count). The molecule has 0 radical (unpaired) electrons. The van der Waals surface area contributed by atoms with Crippen LogP contribution in [0.4, 0.5) is 16.5 Å². The molecule has 0 aliphatic heterocycles. The second kappa shape index (κ2) is 12.9. The molecule has 0 amide bonds. The Morgan fingerprint density at radius 3 is 2.57 bits per heavy atom. The summed E-state index contributed by atoms with van der Waals surface area (Å²) in [5, 5.41) is 17.8. The number of ether oxygens (including phenoxy) is 1. The maximum Gasteiger partial charge on any atom is 0.338 e. The van der Waals surface area contributed by atoms with Gasteiger partial charge in [0, 0.05) is 18.8 Å². The highest BCUT2D eigenvalue weighted by Gasteiger charge is 2.09. The van der Waals surface area contributed by atoms with Crippen molar-refractivity contribution in [2.75, 3.05) is 24.6 Å². The number of aromatic nitrogens is 1. The maximum absolute atomic E-state index is 12.2. The molecule has 0 saturated carbocycles. The molecule has 0 bridgehead atoms. The minimum Gasteiger partial charge on any atom is -0.462 e. The SMILES string of the molecule is CCN(CCCCOC(=O)c1ccc(CC#N)cc1)c1ccc(/N=N/c2nc3sc(C=O)cc3s2)cc1. The van der Waals surface area contributed by atoms with Gasteiger partial charge in [-0.05, 0) is 67.8 Å². The van der Waals surface area contributed by atoms with Crippen LogP contribution in [0, 0.1) is 11.3 Å². The fourth-order valence-electron chi connectivity index (χ4n) is 3.65. The summed E-state index contributed by atoms with van der Waals surface area (Å²) in [6, 6.07) is 18.7. The number of hydrogen-bond donors (Lipinski definition) is 0. The van der Waals surface area contributed by atoms with Gasteiger partial charge in [0.2, 0.25) is 5.13 Å². The summed E-state index contributed by atoms with van der Waals surface area (Å²) in [4.78, 5) is 31.2. The van der Waals surface area contributed by atoms with E-state index in [0.29, 0.717) is 28.6 Å². The first-order valence-corrected chi connectivity index (χ1v) is 13.5. The first-order valence-electron chi connectivity index (χ1n) is 11.8. The number of azo groups is 1. The van der Waals surface area contributed by atoms with Crippen molar-refractivity contribution in [2.24, 2.45) is 10.2 Å². The predicted octanol–water partition coefficient (Wildman–Crippen LogP) is 7.12. The van der Waals surface area contributed by atoms with Crippen LogP contribution in [0.15, 0.2) is 64.8 Å². The average molecular weight is 532 g/mol. The second-order valence-electron chi connectivity index (χ2n) is 8.10. The van der Waals surface area contributed by atoms with Gasteiger partial charge in [-0.25, -0.2) is 9.78 Å². The highest BCUT2D eigenvalue weighted by Crippen LogP contribution is 2.34. The highest BCUT2D eigenvalue weighted by atomic mass is 32.1. The molecule has 0 saturated heterocycles. The molecule has 2 aromatic carbocycles. The Balaban J connectivity index is 1.22. The molecule has 10 heteroatoms. The monoisotopic (exact) mass is 531 g/mol. The van der Waals surface area contributed by atoms with Crippen LogP contribution in [-0.2, 0) is 11.2 Å². The molecule has 2 aromatic heterocycles. The minimum absolute atomic E-state index is 0.326. The molecule has 0 fully saturated rings. The molecule has 0 spiro atoms. The summed E-state index contributed by atoms with van der Waals surface area (Å²) in [5.74, 6) is -0.344. The molecule has 4 aromatic rings. The number of hydrogen-bond acceptors (Lipinski definition) is 10. The summed E-state index contributed by atoms with van der Waals surface area (Å²) >= 11 is 2.76. The van der Waals surface area contributed by atoms with Crippen LogP contribution in [0.2, 0.25) is 0 Å². The van der Waals surface area contributed by atoms with Crippen molar-refractivity contribution in [3.63, 3.8) is 0 Å². The van der Waals surface area contributed by atoms with Crippen LogP contribution in [0.5, 0.6) is 0 Å². The van der Waals surface area contributed by atoms with Gasteiger partial charge >= 0.3 is 5.97 Å². The summed E-state index contributed by atoms with van der Waals surface area (Å²) in [6.45, 7) is 4.17. The molecular formula is C27H25N5O3S2. The Bertz CT molecular complexity index is 1390. The number of thiophene rings is 1. The molecule has 0 aliphatic rings. The smallest absolute Gasteiger partial charge is 0.338 e. The van der Waals surface area contributed by atoms with E-state index in [4.69, 9.17) is 10.00 Å². The van der Waals surface area contributed by atoms with Gasteiger partial charge < -0.3 is 9.64 Å². The maximum atomic E-state index is 12.2. The van der Waals surface area contributed by atoms with E-state index in [1.807, 2.05) is 30.3 Å². The number of rotatable bonds is 12. The lowest BCUT2D eigenvalue weighted by Crippen LogP contribution is -2.24. The van der Waals surface area contributed by atoms with Crippen LogP contribution in [0.1, 0.15) is 45.4 Å². The Hall–Kier alpha value is -3.94. The number of fused-ring (bicyclic) bond motifs is 1. The minimum atomic E-state index is -0.344. The number of carbonyl (C=O) groups excluding carboxylic acids is 2. The molecule has 0 N–H and O–H groups in total. The highest BCUT2D eigenvalue weighted by molar-refractivity contribution is 7.29. The van der Waals surface area contributed by atoms with E-state index >= 15 is 0 Å². The van der Waals surface area contributed by atoms with Gasteiger partial charge in [0.1, 0.15) is 4.83 Å². The zero-order valence-electron chi connectivity index (χ0n) is 20.3. The van der Waals surface area contributed by atoms with Gasteiger partial charge in [-0.1, -0.05) is 23.5 Å². The second-order valence-corrected chi connectivity index (χ2v) is 10.2. The number of nitriles is 1. The van der Waals surface area contributed by atoms with Crippen molar-refractivity contribution in [1.29, 1.82) is 5.26 Å². The Morgan fingerprint density at radius 2 is 1.89 bits per heavy atom. The van der Waals surface area contributed by atoms with Gasteiger partial charge in [0.05, 0.1) is 39.9 Å². The summed E-state index contributed by atoms with van der Waals surface area (Å²) in [6.07, 6.45) is 2.81. The third kappa shape index (κ3) is 7.06. The standard InChI is InChI=1S/C27H25N5O3S2/c1-2-32(15-3-4-16-35-26(34)20-7-5-19(6-8-20)13-14-28)22-11-9-21(10-12-22)30-31-27-29-25-24(37-27)17-23(18-33)36-25/h5-12,17-18H,2-4,13,15-16H2,1H3/b31-30+. The number of nitrogens with zero attached hydrogens (tertiary/aromatic N) is 5. The number of carbonyl (C=O) groups is 2. The van der Waals surface area contributed by atoms with E-state index in [0.717, 1.165) is 58.7 Å². The Labute approximate surface area is 222 Å².